The summed E-state index contributed by atoms with van der Waals surface area (Å²) in [7, 11) is 0. The van der Waals surface area contributed by atoms with E-state index >= 15 is 0 Å². The maximum absolute atomic E-state index is 14.0. The Hall–Kier alpha value is -2.97. The van der Waals surface area contributed by atoms with Crippen LogP contribution in [0, 0.1) is 23.4 Å². The van der Waals surface area contributed by atoms with E-state index in [1.54, 1.807) is 36.0 Å². The van der Waals surface area contributed by atoms with Crippen LogP contribution in [0.15, 0.2) is 77.7 Å². The van der Waals surface area contributed by atoms with Gasteiger partial charge in [0.05, 0.1) is 31.9 Å². The Morgan fingerprint density at radius 3 is 2.29 bits per heavy atom. The fourth-order valence-corrected chi connectivity index (χ4v) is 6.50. The number of quaternary nitrogens is 1. The molecule has 1 atom stereocenters. The van der Waals surface area contributed by atoms with E-state index in [4.69, 9.17) is 4.74 Å². The number of nitrogens with zero attached hydrogens (tertiary/aromatic N) is 2. The van der Waals surface area contributed by atoms with Crippen LogP contribution in [-0.4, -0.2) is 48.6 Å². The summed E-state index contributed by atoms with van der Waals surface area (Å²) in [5.41, 5.74) is 1.13. The van der Waals surface area contributed by atoms with Crippen molar-refractivity contribution in [2.75, 3.05) is 36.8 Å². The molecular weight excluding hydrogens is 509 g/mol. The lowest BCUT2D eigenvalue weighted by Gasteiger charge is -2.52. The third-order valence-electron chi connectivity index (χ3n) is 7.75. The molecule has 0 aromatic heterocycles. The van der Waals surface area contributed by atoms with Crippen LogP contribution >= 0.6 is 11.8 Å². The van der Waals surface area contributed by atoms with Gasteiger partial charge in [0, 0.05) is 35.8 Å². The van der Waals surface area contributed by atoms with E-state index in [0.717, 1.165) is 66.1 Å². The average Bonchev–Trinajstić information content (AvgIpc) is 2.92. The molecule has 3 fully saturated rings. The minimum absolute atomic E-state index is 0.153. The number of thioether (sulfide) groups is 1. The molecule has 0 spiro atoms. The fourth-order valence-electron chi connectivity index (χ4n) is 5.66. The second kappa shape index (κ2) is 11.8. The summed E-state index contributed by atoms with van der Waals surface area (Å²) in [5.74, 6) is 0.256. The fraction of sp³-hybridized carbons (Fsp3) is 0.367. The van der Waals surface area contributed by atoms with Crippen LogP contribution in [0.1, 0.15) is 24.8 Å². The van der Waals surface area contributed by atoms with Gasteiger partial charge in [-0.2, -0.15) is 0 Å². The molecular formula is C30H32F3N2O2S+. The number of hydrogen-bond donors (Lipinski definition) is 0. The predicted molar refractivity (Wildman–Crippen MR) is 143 cm³/mol. The number of halogens is 3. The van der Waals surface area contributed by atoms with Gasteiger partial charge in [-0.25, -0.2) is 18.0 Å². The number of rotatable bonds is 9. The van der Waals surface area contributed by atoms with Crippen LogP contribution in [0.4, 0.5) is 23.7 Å². The zero-order valence-electron chi connectivity index (χ0n) is 21.2. The summed E-state index contributed by atoms with van der Waals surface area (Å²) in [5, 5.41) is 0. The van der Waals surface area contributed by atoms with E-state index in [-0.39, 0.29) is 24.3 Å². The molecule has 3 aromatic rings. The summed E-state index contributed by atoms with van der Waals surface area (Å²) in [4.78, 5) is 16.0. The normalized spacial score (nSPS) is 22.3. The number of fused-ring (bicyclic) bond motifs is 3. The van der Waals surface area contributed by atoms with Crippen LogP contribution in [0.2, 0.25) is 0 Å². The standard InChI is InChI=1S/C30H32F3N2O2S/c31-24-7-5-22(6-8-24)20-34(27-4-1-3-26(33)19-27)30(36)37-29-21-35(16-13-23(29)14-17-35)15-2-18-38-28-11-9-25(32)10-12-28/h1,3-12,19,23,29H,2,13-18,20-21H2/q+1. The van der Waals surface area contributed by atoms with Crippen molar-refractivity contribution in [1.29, 1.82) is 0 Å². The van der Waals surface area contributed by atoms with Crippen LogP contribution in [0.25, 0.3) is 0 Å². The zero-order chi connectivity index (χ0) is 26.5. The first-order chi connectivity index (χ1) is 18.4. The Morgan fingerprint density at radius 1 is 0.921 bits per heavy atom. The minimum atomic E-state index is -0.510. The van der Waals surface area contributed by atoms with Gasteiger partial charge in [0.2, 0.25) is 0 Å². The molecule has 200 valence electrons. The van der Waals surface area contributed by atoms with Crippen molar-refractivity contribution in [3.8, 4) is 0 Å². The summed E-state index contributed by atoms with van der Waals surface area (Å²) < 4.78 is 47.7. The first-order valence-corrected chi connectivity index (χ1v) is 14.1. The van der Waals surface area contributed by atoms with Gasteiger partial charge in [0.1, 0.15) is 24.0 Å². The Balaban J connectivity index is 1.22. The number of carbonyl (C=O) groups is 1. The molecule has 0 aliphatic carbocycles. The van der Waals surface area contributed by atoms with Gasteiger partial charge in [-0.1, -0.05) is 18.2 Å². The molecule has 4 nitrogen and oxygen atoms in total. The lowest BCUT2D eigenvalue weighted by molar-refractivity contribution is -0.946. The lowest BCUT2D eigenvalue weighted by atomic mass is 9.83. The van der Waals surface area contributed by atoms with E-state index in [9.17, 15) is 18.0 Å². The number of carbonyl (C=O) groups excluding carboxylic acids is 1. The van der Waals surface area contributed by atoms with E-state index in [0.29, 0.717) is 11.6 Å². The SMILES string of the molecule is O=C(OC1C[N+]2(CCCSc3ccc(F)cc3)CCC1CC2)N(Cc1ccc(F)cc1)c1cccc(F)c1. The van der Waals surface area contributed by atoms with Gasteiger partial charge in [0.15, 0.2) is 6.10 Å². The smallest absolute Gasteiger partial charge is 0.415 e. The molecule has 6 rings (SSSR count). The van der Waals surface area contributed by atoms with Crippen molar-refractivity contribution in [2.45, 2.75) is 36.8 Å². The van der Waals surface area contributed by atoms with E-state index in [1.165, 1.54) is 41.3 Å². The Labute approximate surface area is 226 Å². The molecule has 2 bridgehead atoms. The number of benzene rings is 3. The van der Waals surface area contributed by atoms with E-state index in [1.807, 2.05) is 12.1 Å². The monoisotopic (exact) mass is 541 g/mol. The molecule has 1 unspecified atom stereocenters. The van der Waals surface area contributed by atoms with Crippen molar-refractivity contribution in [1.82, 2.24) is 0 Å². The third kappa shape index (κ3) is 6.53. The molecule has 3 saturated heterocycles. The van der Waals surface area contributed by atoms with Crippen molar-refractivity contribution in [3.05, 3.63) is 95.8 Å². The van der Waals surface area contributed by atoms with Crippen molar-refractivity contribution in [2.24, 2.45) is 5.92 Å². The van der Waals surface area contributed by atoms with E-state index < -0.39 is 11.9 Å². The largest absolute Gasteiger partial charge is 0.440 e. The highest BCUT2D eigenvalue weighted by Gasteiger charge is 2.47. The summed E-state index contributed by atoms with van der Waals surface area (Å²) in [6.07, 6.45) is 2.35. The number of amides is 1. The number of ether oxygens (including phenoxy) is 1. The van der Waals surface area contributed by atoms with Crippen LogP contribution < -0.4 is 4.90 Å². The molecule has 3 aromatic carbocycles. The van der Waals surface area contributed by atoms with Gasteiger partial charge in [-0.3, -0.25) is 4.90 Å². The predicted octanol–water partition coefficient (Wildman–Crippen LogP) is 7.04. The molecule has 0 radical (unpaired) electrons. The van der Waals surface area contributed by atoms with Gasteiger partial charge in [-0.15, -0.1) is 11.8 Å². The van der Waals surface area contributed by atoms with Crippen LogP contribution in [0.3, 0.4) is 0 Å². The molecule has 38 heavy (non-hydrogen) atoms. The highest BCUT2D eigenvalue weighted by Crippen LogP contribution is 2.37. The van der Waals surface area contributed by atoms with Gasteiger partial charge < -0.3 is 9.22 Å². The summed E-state index contributed by atoms with van der Waals surface area (Å²) >= 11 is 1.73. The molecule has 3 heterocycles. The quantitative estimate of drug-likeness (QED) is 0.165. The zero-order valence-corrected chi connectivity index (χ0v) is 22.0. The molecule has 3 aliphatic heterocycles. The maximum Gasteiger partial charge on any atom is 0.415 e. The molecule has 1 amide bonds. The summed E-state index contributed by atoms with van der Waals surface area (Å²) in [6.45, 7) is 4.12. The Bertz CT molecular complexity index is 1230. The molecule has 0 saturated carbocycles. The number of piperidine rings is 3. The second-order valence-electron chi connectivity index (χ2n) is 10.3. The third-order valence-corrected chi connectivity index (χ3v) is 8.85. The molecule has 0 N–H and O–H groups in total. The van der Waals surface area contributed by atoms with Gasteiger partial charge in [-0.05, 0) is 60.2 Å². The van der Waals surface area contributed by atoms with Crippen LogP contribution in [0.5, 0.6) is 0 Å². The number of hydrogen-bond acceptors (Lipinski definition) is 3. The van der Waals surface area contributed by atoms with Crippen molar-refractivity contribution < 1.29 is 27.2 Å². The highest BCUT2D eigenvalue weighted by atomic mass is 32.2. The second-order valence-corrected chi connectivity index (χ2v) is 11.5. The Morgan fingerprint density at radius 2 is 1.61 bits per heavy atom. The number of anilines is 1. The van der Waals surface area contributed by atoms with Crippen molar-refractivity contribution in [3.63, 3.8) is 0 Å². The topological polar surface area (TPSA) is 29.5 Å². The lowest BCUT2D eigenvalue weighted by Crippen LogP contribution is -2.65. The first-order valence-electron chi connectivity index (χ1n) is 13.1. The van der Waals surface area contributed by atoms with E-state index in [2.05, 4.69) is 0 Å². The average molecular weight is 542 g/mol. The molecule has 8 heteroatoms. The Kier molecular flexibility index (Phi) is 8.29. The van der Waals surface area contributed by atoms with Crippen LogP contribution in [-0.2, 0) is 11.3 Å². The van der Waals surface area contributed by atoms with Gasteiger partial charge in [0.25, 0.3) is 0 Å². The van der Waals surface area contributed by atoms with Gasteiger partial charge >= 0.3 is 6.09 Å². The maximum atomic E-state index is 14.0. The highest BCUT2D eigenvalue weighted by molar-refractivity contribution is 7.99. The van der Waals surface area contributed by atoms with Crippen molar-refractivity contribution >= 4 is 23.5 Å². The molecule has 3 aliphatic rings. The first kappa shape index (κ1) is 26.6. The summed E-state index contributed by atoms with van der Waals surface area (Å²) in [6, 6.07) is 18.4. The minimum Gasteiger partial charge on any atom is -0.440 e.